The Bertz CT molecular complexity index is 1100. The molecule has 7 nitrogen and oxygen atoms in total. The van der Waals surface area contributed by atoms with E-state index < -0.39 is 37.4 Å². The highest BCUT2D eigenvalue weighted by atomic mass is 35.5. The average Bonchev–Trinajstić information content (AvgIpc) is 2.68. The van der Waals surface area contributed by atoms with Crippen molar-refractivity contribution < 1.29 is 22.0 Å². The molecule has 1 atom stereocenters. The van der Waals surface area contributed by atoms with E-state index in [1.165, 1.54) is 31.4 Å². The van der Waals surface area contributed by atoms with Gasteiger partial charge in [-0.05, 0) is 49.6 Å². The summed E-state index contributed by atoms with van der Waals surface area (Å²) in [5.74, 6) is -1.91. The maximum Gasteiger partial charge on any atom is 0.274 e. The van der Waals surface area contributed by atoms with Gasteiger partial charge >= 0.3 is 0 Å². The minimum absolute atomic E-state index is 0.00536. The Kier molecular flexibility index (Phi) is 6.09. The summed E-state index contributed by atoms with van der Waals surface area (Å²) in [4.78, 5) is 19.9. The molecule has 2 aromatic rings. The number of nitrogens with two attached hydrogens (primary N) is 1. The van der Waals surface area contributed by atoms with Crippen LogP contribution in [0.4, 0.5) is 14.5 Å². The summed E-state index contributed by atoms with van der Waals surface area (Å²) in [5.41, 5.74) is 2.40. The SMILES string of the molecule is C/N=C(/N)C1(S(=O)(=O)[C@H](F)c2cc(NC(=O)c3ccc(Cl)cn3)ccc2F)CCC1. The van der Waals surface area contributed by atoms with Crippen LogP contribution >= 0.6 is 11.6 Å². The van der Waals surface area contributed by atoms with E-state index >= 15 is 4.39 Å². The van der Waals surface area contributed by atoms with Gasteiger partial charge in [-0.3, -0.25) is 9.79 Å². The van der Waals surface area contributed by atoms with Gasteiger partial charge < -0.3 is 11.1 Å². The second-order valence-corrected chi connectivity index (χ2v) is 9.59. The number of rotatable bonds is 6. The number of anilines is 1. The van der Waals surface area contributed by atoms with E-state index in [9.17, 15) is 17.6 Å². The smallest absolute Gasteiger partial charge is 0.274 e. The average molecular weight is 457 g/mol. The first-order valence-electron chi connectivity index (χ1n) is 8.95. The number of aliphatic imine (C=N–C) groups is 1. The van der Waals surface area contributed by atoms with Crippen molar-refractivity contribution in [3.63, 3.8) is 0 Å². The second kappa shape index (κ2) is 8.27. The van der Waals surface area contributed by atoms with Crippen LogP contribution in [0, 0.1) is 5.82 Å². The highest BCUT2D eigenvalue weighted by Crippen LogP contribution is 2.46. The molecule has 0 saturated heterocycles. The Morgan fingerprint density at radius 2 is 2.03 bits per heavy atom. The molecule has 11 heteroatoms. The third-order valence-electron chi connectivity index (χ3n) is 5.14. The number of hydrogen-bond donors (Lipinski definition) is 2. The fraction of sp³-hybridized carbons (Fsp3) is 0.316. The molecule has 0 bridgehead atoms. The number of amides is 1. The van der Waals surface area contributed by atoms with Crippen LogP contribution in [0.5, 0.6) is 0 Å². The summed E-state index contributed by atoms with van der Waals surface area (Å²) in [7, 11) is -3.24. The summed E-state index contributed by atoms with van der Waals surface area (Å²) in [5, 5.41) is 2.77. The zero-order valence-corrected chi connectivity index (χ0v) is 17.5. The molecule has 1 saturated carbocycles. The van der Waals surface area contributed by atoms with Gasteiger partial charge in [-0.2, -0.15) is 0 Å². The summed E-state index contributed by atoms with van der Waals surface area (Å²) in [6.45, 7) is 0. The zero-order valence-electron chi connectivity index (χ0n) is 15.9. The van der Waals surface area contributed by atoms with Gasteiger partial charge in [0.1, 0.15) is 22.1 Å². The summed E-state index contributed by atoms with van der Waals surface area (Å²) < 4.78 is 53.8. The van der Waals surface area contributed by atoms with Crippen molar-refractivity contribution in [2.75, 3.05) is 12.4 Å². The highest BCUT2D eigenvalue weighted by molar-refractivity contribution is 7.93. The summed E-state index contributed by atoms with van der Waals surface area (Å²) in [6.07, 6.45) is 2.03. The second-order valence-electron chi connectivity index (χ2n) is 6.87. The van der Waals surface area contributed by atoms with Crippen LogP contribution in [0.1, 0.15) is 40.8 Å². The molecule has 0 spiro atoms. The molecule has 160 valence electrons. The largest absolute Gasteiger partial charge is 0.386 e. The first-order chi connectivity index (χ1) is 14.1. The lowest BCUT2D eigenvalue weighted by molar-refractivity contribution is 0.102. The number of carbonyl (C=O) groups is 1. The van der Waals surface area contributed by atoms with Crippen LogP contribution in [0.2, 0.25) is 5.02 Å². The fourth-order valence-corrected chi connectivity index (χ4v) is 5.52. The number of nitrogens with zero attached hydrogens (tertiary/aromatic N) is 2. The molecule has 1 aliphatic carbocycles. The molecule has 30 heavy (non-hydrogen) atoms. The van der Waals surface area contributed by atoms with Crippen LogP contribution in [0.25, 0.3) is 0 Å². The number of alkyl halides is 1. The molecule has 1 aliphatic rings. The maximum atomic E-state index is 15.2. The van der Waals surface area contributed by atoms with Crippen LogP contribution in [-0.4, -0.2) is 36.9 Å². The summed E-state index contributed by atoms with van der Waals surface area (Å²) in [6, 6.07) is 5.84. The van der Waals surface area contributed by atoms with Gasteiger partial charge in [-0.25, -0.2) is 22.2 Å². The number of aromatic nitrogens is 1. The van der Waals surface area contributed by atoms with Crippen LogP contribution in [0.3, 0.4) is 0 Å². The van der Waals surface area contributed by atoms with Gasteiger partial charge in [0.25, 0.3) is 5.91 Å². The molecule has 0 radical (unpaired) electrons. The van der Waals surface area contributed by atoms with E-state index in [1.54, 1.807) is 0 Å². The molecule has 3 N–H and O–H groups in total. The Balaban J connectivity index is 1.91. The first-order valence-corrected chi connectivity index (χ1v) is 10.9. The zero-order chi connectivity index (χ0) is 22.1. The van der Waals surface area contributed by atoms with E-state index in [-0.39, 0.29) is 30.1 Å². The number of halogens is 3. The molecule has 0 unspecified atom stereocenters. The standard InChI is InChI=1S/C19H19ClF2N4O3S/c1-24-18(23)19(7-2-8-19)30(28,29)16(22)13-9-12(4-5-14(13)21)26-17(27)15-6-3-11(20)10-25-15/h3-6,9-10,16H,2,7-8H2,1H3,(H2,23,24)(H,26,27)/t16-/m0/s1. The van der Waals surface area contributed by atoms with Crippen molar-refractivity contribution in [3.05, 3.63) is 58.6 Å². The number of sulfone groups is 1. The quantitative estimate of drug-likeness (QED) is 0.510. The van der Waals surface area contributed by atoms with Crippen LogP contribution in [-0.2, 0) is 9.84 Å². The molecular weight excluding hydrogens is 438 g/mol. The minimum atomic E-state index is -4.56. The van der Waals surface area contributed by atoms with E-state index in [1.807, 2.05) is 0 Å². The van der Waals surface area contributed by atoms with Gasteiger partial charge in [-0.15, -0.1) is 0 Å². The predicted octanol–water partition coefficient (Wildman–Crippen LogP) is 3.42. The molecule has 3 rings (SSSR count). The molecule has 1 aromatic heterocycles. The highest BCUT2D eigenvalue weighted by Gasteiger charge is 2.56. The first kappa shape index (κ1) is 22.1. The minimum Gasteiger partial charge on any atom is -0.386 e. The molecule has 1 fully saturated rings. The Morgan fingerprint density at radius 1 is 1.33 bits per heavy atom. The number of carbonyl (C=O) groups excluding carboxylic acids is 1. The van der Waals surface area contributed by atoms with Crippen molar-refractivity contribution in [2.45, 2.75) is 29.5 Å². The molecule has 1 aromatic carbocycles. The predicted molar refractivity (Wildman–Crippen MR) is 110 cm³/mol. The third kappa shape index (κ3) is 3.77. The van der Waals surface area contributed by atoms with Gasteiger partial charge in [0.15, 0.2) is 9.84 Å². The van der Waals surface area contributed by atoms with E-state index in [4.69, 9.17) is 17.3 Å². The van der Waals surface area contributed by atoms with Crippen molar-refractivity contribution in [1.29, 1.82) is 0 Å². The topological polar surface area (TPSA) is 115 Å². The van der Waals surface area contributed by atoms with Gasteiger partial charge in [-0.1, -0.05) is 11.6 Å². The molecular formula is C19H19ClF2N4O3S. The van der Waals surface area contributed by atoms with Crippen LogP contribution < -0.4 is 11.1 Å². The van der Waals surface area contributed by atoms with Crippen molar-refractivity contribution in [3.8, 4) is 0 Å². The van der Waals surface area contributed by atoms with Gasteiger partial charge in [0.05, 0.1) is 5.02 Å². The number of benzene rings is 1. The Labute approximate surface area is 177 Å². The fourth-order valence-electron chi connectivity index (χ4n) is 3.25. The maximum absolute atomic E-state index is 15.2. The lowest BCUT2D eigenvalue weighted by atomic mass is 9.83. The number of pyridine rings is 1. The summed E-state index contributed by atoms with van der Waals surface area (Å²) >= 11 is 5.73. The Morgan fingerprint density at radius 3 is 2.57 bits per heavy atom. The van der Waals surface area contributed by atoms with Crippen LogP contribution in [0.15, 0.2) is 41.5 Å². The lowest BCUT2D eigenvalue weighted by Gasteiger charge is -2.41. The molecule has 1 heterocycles. The number of nitrogens with one attached hydrogen (secondary N) is 1. The van der Waals surface area contributed by atoms with Crippen molar-refractivity contribution in [1.82, 2.24) is 4.98 Å². The van der Waals surface area contributed by atoms with Gasteiger partial charge in [0, 0.05) is 24.5 Å². The van der Waals surface area contributed by atoms with Crippen molar-refractivity contribution >= 4 is 38.9 Å². The van der Waals surface area contributed by atoms with Crippen molar-refractivity contribution in [2.24, 2.45) is 10.7 Å². The number of amidine groups is 1. The normalized spacial score (nSPS) is 17.1. The lowest BCUT2D eigenvalue weighted by Crippen LogP contribution is -2.56. The molecule has 1 amide bonds. The van der Waals surface area contributed by atoms with Gasteiger partial charge in [0.2, 0.25) is 5.50 Å². The van der Waals surface area contributed by atoms with E-state index in [0.717, 1.165) is 12.1 Å². The molecule has 0 aliphatic heterocycles. The Hall–Kier alpha value is -2.59. The van der Waals surface area contributed by atoms with E-state index in [2.05, 4.69) is 15.3 Å². The number of hydrogen-bond acceptors (Lipinski definition) is 5. The van der Waals surface area contributed by atoms with E-state index in [0.29, 0.717) is 11.4 Å². The third-order valence-corrected chi connectivity index (χ3v) is 7.87. The monoisotopic (exact) mass is 456 g/mol.